The highest BCUT2D eigenvalue weighted by molar-refractivity contribution is 5.83. The van der Waals surface area contributed by atoms with E-state index in [-0.39, 0.29) is 23.7 Å². The zero-order valence-electron chi connectivity index (χ0n) is 12.4. The van der Waals surface area contributed by atoms with E-state index in [9.17, 15) is 9.18 Å². The van der Waals surface area contributed by atoms with Gasteiger partial charge in [0.2, 0.25) is 5.91 Å². The van der Waals surface area contributed by atoms with E-state index in [2.05, 4.69) is 5.32 Å². The molecule has 1 aliphatic carbocycles. The Morgan fingerprint density at radius 2 is 2.00 bits per heavy atom. The van der Waals surface area contributed by atoms with E-state index in [4.69, 9.17) is 5.73 Å². The van der Waals surface area contributed by atoms with E-state index in [0.717, 1.165) is 23.1 Å². The molecule has 0 radical (unpaired) electrons. The molecule has 3 rings (SSSR count). The number of rotatable bonds is 4. The lowest BCUT2D eigenvalue weighted by Crippen LogP contribution is -2.35. The topological polar surface area (TPSA) is 55.1 Å². The lowest BCUT2D eigenvalue weighted by Gasteiger charge is -2.13. The van der Waals surface area contributed by atoms with Crippen molar-refractivity contribution in [2.24, 2.45) is 5.73 Å². The molecular formula is C18H19FN2O. The van der Waals surface area contributed by atoms with E-state index in [0.29, 0.717) is 0 Å². The molecular weight excluding hydrogens is 279 g/mol. The fourth-order valence-corrected chi connectivity index (χ4v) is 2.66. The van der Waals surface area contributed by atoms with Crippen LogP contribution in [-0.2, 0) is 4.79 Å². The van der Waals surface area contributed by atoms with Gasteiger partial charge >= 0.3 is 0 Å². The zero-order valence-corrected chi connectivity index (χ0v) is 12.4. The number of benzene rings is 2. The Hall–Kier alpha value is -2.20. The molecule has 0 aromatic heterocycles. The van der Waals surface area contributed by atoms with Crippen LogP contribution in [-0.4, -0.2) is 11.9 Å². The van der Waals surface area contributed by atoms with Crippen molar-refractivity contribution >= 4 is 5.91 Å². The summed E-state index contributed by atoms with van der Waals surface area (Å²) in [6, 6.07) is 13.5. The molecule has 3 unspecified atom stereocenters. The van der Waals surface area contributed by atoms with Gasteiger partial charge in [-0.05, 0) is 36.6 Å². The number of hydrogen-bond donors (Lipinski definition) is 2. The Labute approximate surface area is 129 Å². The number of nitrogens with two attached hydrogens (primary N) is 1. The summed E-state index contributed by atoms with van der Waals surface area (Å²) < 4.78 is 13.2. The standard InChI is InChI=1S/C18H19FN2O/c1-11-5-7-12(8-6-11)17(20)18(22)21-16-10-15(16)13-3-2-4-14(19)9-13/h2-9,15-17H,10,20H2,1H3,(H,21,22). The summed E-state index contributed by atoms with van der Waals surface area (Å²) in [6.07, 6.45) is 0.829. The van der Waals surface area contributed by atoms with Crippen LogP contribution in [0.4, 0.5) is 4.39 Å². The Morgan fingerprint density at radius 1 is 1.27 bits per heavy atom. The van der Waals surface area contributed by atoms with E-state index in [1.54, 1.807) is 6.07 Å². The van der Waals surface area contributed by atoms with Gasteiger partial charge in [0.05, 0.1) is 0 Å². The largest absolute Gasteiger partial charge is 0.351 e. The first-order chi connectivity index (χ1) is 10.5. The minimum Gasteiger partial charge on any atom is -0.351 e. The van der Waals surface area contributed by atoms with Crippen LogP contribution in [0.25, 0.3) is 0 Å². The van der Waals surface area contributed by atoms with Gasteiger partial charge in [0.25, 0.3) is 0 Å². The highest BCUT2D eigenvalue weighted by atomic mass is 19.1. The highest BCUT2D eigenvalue weighted by Gasteiger charge is 2.40. The van der Waals surface area contributed by atoms with Crippen molar-refractivity contribution in [1.29, 1.82) is 0 Å². The molecule has 0 heterocycles. The molecule has 3 atom stereocenters. The number of hydrogen-bond acceptors (Lipinski definition) is 2. The number of carbonyl (C=O) groups excluding carboxylic acids is 1. The van der Waals surface area contributed by atoms with Gasteiger partial charge in [-0.15, -0.1) is 0 Å². The number of aryl methyl sites for hydroxylation is 1. The quantitative estimate of drug-likeness (QED) is 0.912. The summed E-state index contributed by atoms with van der Waals surface area (Å²) >= 11 is 0. The van der Waals surface area contributed by atoms with E-state index in [1.807, 2.05) is 37.3 Å². The second-order valence-electron chi connectivity index (χ2n) is 5.90. The summed E-state index contributed by atoms with van der Waals surface area (Å²) in [5, 5.41) is 2.95. The molecule has 2 aromatic carbocycles. The Kier molecular flexibility index (Phi) is 3.94. The van der Waals surface area contributed by atoms with Gasteiger partial charge in [-0.25, -0.2) is 4.39 Å². The molecule has 0 bridgehead atoms. The molecule has 2 aromatic rings. The van der Waals surface area contributed by atoms with Gasteiger partial charge in [-0.1, -0.05) is 42.0 Å². The van der Waals surface area contributed by atoms with Crippen LogP contribution < -0.4 is 11.1 Å². The number of amides is 1. The molecule has 114 valence electrons. The Morgan fingerprint density at radius 3 is 2.68 bits per heavy atom. The average Bonchev–Trinajstić information content (AvgIpc) is 3.26. The maximum absolute atomic E-state index is 13.2. The summed E-state index contributed by atoms with van der Waals surface area (Å²) in [4.78, 5) is 12.2. The highest BCUT2D eigenvalue weighted by Crippen LogP contribution is 2.41. The third-order valence-electron chi connectivity index (χ3n) is 4.11. The monoisotopic (exact) mass is 298 g/mol. The van der Waals surface area contributed by atoms with Crippen molar-refractivity contribution in [3.05, 3.63) is 71.0 Å². The number of halogens is 1. The lowest BCUT2D eigenvalue weighted by atomic mass is 10.1. The van der Waals surface area contributed by atoms with Crippen LogP contribution in [0, 0.1) is 12.7 Å². The molecule has 4 heteroatoms. The summed E-state index contributed by atoms with van der Waals surface area (Å²) in [5.41, 5.74) is 8.85. The van der Waals surface area contributed by atoms with Gasteiger partial charge in [0.1, 0.15) is 11.9 Å². The second kappa shape index (κ2) is 5.89. The Bertz CT molecular complexity index is 684. The first kappa shape index (κ1) is 14.7. The van der Waals surface area contributed by atoms with Crippen LogP contribution in [0.15, 0.2) is 48.5 Å². The number of carbonyl (C=O) groups is 1. The number of nitrogens with one attached hydrogen (secondary N) is 1. The first-order valence-corrected chi connectivity index (χ1v) is 7.42. The smallest absolute Gasteiger partial charge is 0.241 e. The zero-order chi connectivity index (χ0) is 15.7. The van der Waals surface area contributed by atoms with Crippen molar-refractivity contribution in [3.8, 4) is 0 Å². The SMILES string of the molecule is Cc1ccc(C(N)C(=O)NC2CC2c2cccc(F)c2)cc1. The fraction of sp³-hybridized carbons (Fsp3) is 0.278. The molecule has 1 amide bonds. The summed E-state index contributed by atoms with van der Waals surface area (Å²) in [5.74, 6) is -0.247. The van der Waals surface area contributed by atoms with E-state index < -0.39 is 6.04 Å². The van der Waals surface area contributed by atoms with Crippen molar-refractivity contribution in [1.82, 2.24) is 5.32 Å². The molecule has 1 aliphatic rings. The van der Waals surface area contributed by atoms with E-state index in [1.165, 1.54) is 12.1 Å². The molecule has 1 fully saturated rings. The normalized spacial score (nSPS) is 21.2. The van der Waals surface area contributed by atoms with Crippen molar-refractivity contribution < 1.29 is 9.18 Å². The van der Waals surface area contributed by atoms with Crippen LogP contribution in [0.5, 0.6) is 0 Å². The molecule has 0 saturated heterocycles. The third-order valence-corrected chi connectivity index (χ3v) is 4.11. The second-order valence-corrected chi connectivity index (χ2v) is 5.90. The predicted molar refractivity (Wildman–Crippen MR) is 83.8 cm³/mol. The molecule has 0 aliphatic heterocycles. The van der Waals surface area contributed by atoms with Crippen molar-refractivity contribution in [3.63, 3.8) is 0 Å². The third kappa shape index (κ3) is 3.17. The van der Waals surface area contributed by atoms with Crippen molar-refractivity contribution in [2.75, 3.05) is 0 Å². The minimum absolute atomic E-state index is 0.0470. The first-order valence-electron chi connectivity index (χ1n) is 7.42. The minimum atomic E-state index is -0.672. The van der Waals surface area contributed by atoms with Gasteiger partial charge in [0, 0.05) is 12.0 Å². The van der Waals surface area contributed by atoms with Crippen LogP contribution >= 0.6 is 0 Å². The van der Waals surface area contributed by atoms with Gasteiger partial charge in [0.15, 0.2) is 0 Å². The Balaban J connectivity index is 1.60. The predicted octanol–water partition coefficient (Wildman–Crippen LogP) is 2.81. The van der Waals surface area contributed by atoms with Crippen LogP contribution in [0.1, 0.15) is 35.1 Å². The van der Waals surface area contributed by atoms with Gasteiger partial charge < -0.3 is 11.1 Å². The van der Waals surface area contributed by atoms with Crippen LogP contribution in [0.3, 0.4) is 0 Å². The summed E-state index contributed by atoms with van der Waals surface area (Å²) in [7, 11) is 0. The molecule has 22 heavy (non-hydrogen) atoms. The van der Waals surface area contributed by atoms with Crippen LogP contribution in [0.2, 0.25) is 0 Å². The van der Waals surface area contributed by atoms with Gasteiger partial charge in [-0.2, -0.15) is 0 Å². The molecule has 0 spiro atoms. The van der Waals surface area contributed by atoms with Gasteiger partial charge in [-0.3, -0.25) is 4.79 Å². The van der Waals surface area contributed by atoms with E-state index >= 15 is 0 Å². The molecule has 3 nitrogen and oxygen atoms in total. The lowest BCUT2D eigenvalue weighted by molar-refractivity contribution is -0.122. The maximum Gasteiger partial charge on any atom is 0.241 e. The molecule has 1 saturated carbocycles. The fourth-order valence-electron chi connectivity index (χ4n) is 2.66. The maximum atomic E-state index is 13.2. The van der Waals surface area contributed by atoms with Crippen molar-refractivity contribution in [2.45, 2.75) is 31.3 Å². The average molecular weight is 298 g/mol. The molecule has 3 N–H and O–H groups in total. The summed E-state index contributed by atoms with van der Waals surface area (Å²) in [6.45, 7) is 1.99.